The van der Waals surface area contributed by atoms with Crippen LogP contribution < -0.4 is 9.47 Å². The highest BCUT2D eigenvalue weighted by Gasteiger charge is 2.03. The standard InChI is InChI=1S/C9H12O2.CH4/c1-7-5-4-6-8(10-2)9(7)11-3;/h4-6H,1-3H3;1H4. The van der Waals surface area contributed by atoms with Gasteiger partial charge in [-0.1, -0.05) is 19.6 Å². The molecule has 0 atom stereocenters. The van der Waals surface area contributed by atoms with Crippen molar-refractivity contribution in [3.05, 3.63) is 23.8 Å². The Balaban J connectivity index is 0.00000121. The maximum Gasteiger partial charge on any atom is 0.163 e. The largest absolute Gasteiger partial charge is 0.493 e. The van der Waals surface area contributed by atoms with Crippen LogP contribution in [0.2, 0.25) is 0 Å². The zero-order valence-corrected chi connectivity index (χ0v) is 7.05. The summed E-state index contributed by atoms with van der Waals surface area (Å²) in [6.07, 6.45) is 0. The number of rotatable bonds is 2. The minimum Gasteiger partial charge on any atom is -0.493 e. The Morgan fingerprint density at radius 3 is 2.17 bits per heavy atom. The molecule has 0 bridgehead atoms. The first-order valence-electron chi connectivity index (χ1n) is 3.47. The number of hydrogen-bond donors (Lipinski definition) is 0. The van der Waals surface area contributed by atoms with Gasteiger partial charge in [0.1, 0.15) is 0 Å². The first-order valence-corrected chi connectivity index (χ1v) is 3.47. The summed E-state index contributed by atoms with van der Waals surface area (Å²) < 4.78 is 10.2. The predicted octanol–water partition coefficient (Wildman–Crippen LogP) is 2.65. The van der Waals surface area contributed by atoms with Gasteiger partial charge in [0.25, 0.3) is 0 Å². The first-order chi connectivity index (χ1) is 5.29. The Hall–Kier alpha value is -1.18. The Labute approximate surface area is 74.1 Å². The zero-order chi connectivity index (χ0) is 8.27. The van der Waals surface area contributed by atoms with Crippen molar-refractivity contribution in [3.63, 3.8) is 0 Å². The molecule has 2 heteroatoms. The van der Waals surface area contributed by atoms with Crippen molar-refractivity contribution in [1.82, 2.24) is 0 Å². The van der Waals surface area contributed by atoms with E-state index in [9.17, 15) is 0 Å². The summed E-state index contributed by atoms with van der Waals surface area (Å²) in [4.78, 5) is 0. The van der Waals surface area contributed by atoms with Gasteiger partial charge in [-0.15, -0.1) is 0 Å². The van der Waals surface area contributed by atoms with Crippen LogP contribution in [-0.4, -0.2) is 14.2 Å². The Morgan fingerprint density at radius 1 is 1.08 bits per heavy atom. The average Bonchev–Trinajstić information content (AvgIpc) is 2.04. The lowest BCUT2D eigenvalue weighted by atomic mass is 10.2. The second-order valence-electron chi connectivity index (χ2n) is 2.31. The van der Waals surface area contributed by atoms with Gasteiger partial charge in [0.2, 0.25) is 0 Å². The second-order valence-corrected chi connectivity index (χ2v) is 2.31. The van der Waals surface area contributed by atoms with Crippen LogP contribution in [0.5, 0.6) is 11.5 Å². The van der Waals surface area contributed by atoms with E-state index >= 15 is 0 Å². The molecule has 0 amide bonds. The normalized spacial score (nSPS) is 8.58. The Morgan fingerprint density at radius 2 is 1.75 bits per heavy atom. The van der Waals surface area contributed by atoms with E-state index < -0.39 is 0 Å². The van der Waals surface area contributed by atoms with Crippen LogP contribution in [0.25, 0.3) is 0 Å². The summed E-state index contributed by atoms with van der Waals surface area (Å²) in [5, 5.41) is 0. The number of para-hydroxylation sites is 1. The first kappa shape index (κ1) is 10.8. The fraction of sp³-hybridized carbons (Fsp3) is 0.400. The van der Waals surface area contributed by atoms with E-state index in [1.807, 2.05) is 25.1 Å². The van der Waals surface area contributed by atoms with Crippen LogP contribution >= 0.6 is 0 Å². The third-order valence-corrected chi connectivity index (χ3v) is 1.60. The van der Waals surface area contributed by atoms with Crippen LogP contribution in [0.1, 0.15) is 13.0 Å². The van der Waals surface area contributed by atoms with Crippen molar-refractivity contribution in [2.45, 2.75) is 14.4 Å². The number of hydrogen-bond acceptors (Lipinski definition) is 2. The average molecular weight is 168 g/mol. The molecule has 1 aromatic rings. The van der Waals surface area contributed by atoms with Gasteiger partial charge in [-0.3, -0.25) is 0 Å². The smallest absolute Gasteiger partial charge is 0.163 e. The van der Waals surface area contributed by atoms with Crippen LogP contribution in [0, 0.1) is 6.92 Å². The minimum absolute atomic E-state index is 0. The molecule has 0 aliphatic rings. The Kier molecular flexibility index (Phi) is 4.19. The molecule has 0 spiro atoms. The van der Waals surface area contributed by atoms with Crippen molar-refractivity contribution >= 4 is 0 Å². The number of methoxy groups -OCH3 is 2. The van der Waals surface area contributed by atoms with Crippen LogP contribution in [0.4, 0.5) is 0 Å². The zero-order valence-electron chi connectivity index (χ0n) is 7.05. The molecular weight excluding hydrogens is 152 g/mol. The van der Waals surface area contributed by atoms with Gasteiger partial charge in [-0.2, -0.15) is 0 Å². The summed E-state index contributed by atoms with van der Waals surface area (Å²) in [6, 6.07) is 5.81. The van der Waals surface area contributed by atoms with E-state index in [0.29, 0.717) is 0 Å². The molecule has 0 aliphatic heterocycles. The third kappa shape index (κ3) is 1.91. The second kappa shape index (κ2) is 4.65. The van der Waals surface area contributed by atoms with Gasteiger partial charge in [-0.25, -0.2) is 0 Å². The fourth-order valence-electron chi connectivity index (χ4n) is 1.05. The van der Waals surface area contributed by atoms with Crippen LogP contribution in [0.15, 0.2) is 18.2 Å². The van der Waals surface area contributed by atoms with Gasteiger partial charge < -0.3 is 9.47 Å². The van der Waals surface area contributed by atoms with Crippen LogP contribution in [-0.2, 0) is 0 Å². The molecule has 0 aromatic heterocycles. The van der Waals surface area contributed by atoms with E-state index in [-0.39, 0.29) is 7.43 Å². The molecule has 0 aliphatic carbocycles. The molecule has 2 nitrogen and oxygen atoms in total. The van der Waals surface area contributed by atoms with Gasteiger partial charge in [-0.05, 0) is 18.6 Å². The van der Waals surface area contributed by atoms with Crippen molar-refractivity contribution in [2.75, 3.05) is 14.2 Å². The summed E-state index contributed by atoms with van der Waals surface area (Å²) in [7, 11) is 3.28. The van der Waals surface area contributed by atoms with E-state index in [2.05, 4.69) is 0 Å². The molecule has 0 unspecified atom stereocenters. The highest BCUT2D eigenvalue weighted by atomic mass is 16.5. The lowest BCUT2D eigenvalue weighted by molar-refractivity contribution is 0.353. The summed E-state index contributed by atoms with van der Waals surface area (Å²) in [6.45, 7) is 1.99. The maximum atomic E-state index is 5.14. The van der Waals surface area contributed by atoms with E-state index in [0.717, 1.165) is 17.1 Å². The number of aryl methyl sites for hydroxylation is 1. The number of benzene rings is 1. The molecule has 0 saturated carbocycles. The highest BCUT2D eigenvalue weighted by molar-refractivity contribution is 5.45. The SMILES string of the molecule is C.COc1cccc(C)c1OC. The molecule has 0 N–H and O–H groups in total. The molecule has 0 heterocycles. The molecule has 12 heavy (non-hydrogen) atoms. The fourth-order valence-corrected chi connectivity index (χ4v) is 1.05. The Bertz CT molecular complexity index is 244. The quantitative estimate of drug-likeness (QED) is 0.676. The molecule has 0 radical (unpaired) electrons. The topological polar surface area (TPSA) is 18.5 Å². The molecule has 0 saturated heterocycles. The molecular formula is C10H16O2. The molecule has 0 fully saturated rings. The van der Waals surface area contributed by atoms with E-state index in [1.54, 1.807) is 14.2 Å². The monoisotopic (exact) mass is 168 g/mol. The predicted molar refractivity (Wildman–Crippen MR) is 51.0 cm³/mol. The van der Waals surface area contributed by atoms with Crippen molar-refractivity contribution < 1.29 is 9.47 Å². The van der Waals surface area contributed by atoms with Crippen molar-refractivity contribution in [2.24, 2.45) is 0 Å². The maximum absolute atomic E-state index is 5.14. The van der Waals surface area contributed by atoms with Crippen molar-refractivity contribution in [3.8, 4) is 11.5 Å². The van der Waals surface area contributed by atoms with Gasteiger partial charge >= 0.3 is 0 Å². The van der Waals surface area contributed by atoms with E-state index in [4.69, 9.17) is 9.47 Å². The minimum atomic E-state index is 0. The summed E-state index contributed by atoms with van der Waals surface area (Å²) in [5.41, 5.74) is 1.09. The lowest BCUT2D eigenvalue weighted by Gasteiger charge is -2.08. The molecule has 1 rings (SSSR count). The van der Waals surface area contributed by atoms with Crippen molar-refractivity contribution in [1.29, 1.82) is 0 Å². The number of ether oxygens (including phenoxy) is 2. The highest BCUT2D eigenvalue weighted by Crippen LogP contribution is 2.29. The van der Waals surface area contributed by atoms with Gasteiger partial charge in [0.05, 0.1) is 14.2 Å². The molecule has 68 valence electrons. The summed E-state index contributed by atoms with van der Waals surface area (Å²) in [5.74, 6) is 1.60. The molecule has 1 aromatic carbocycles. The van der Waals surface area contributed by atoms with E-state index in [1.165, 1.54) is 0 Å². The lowest BCUT2D eigenvalue weighted by Crippen LogP contribution is -1.91. The van der Waals surface area contributed by atoms with Crippen LogP contribution in [0.3, 0.4) is 0 Å². The van der Waals surface area contributed by atoms with Gasteiger partial charge in [0, 0.05) is 0 Å². The third-order valence-electron chi connectivity index (χ3n) is 1.60. The van der Waals surface area contributed by atoms with Gasteiger partial charge in [0.15, 0.2) is 11.5 Å². The summed E-state index contributed by atoms with van der Waals surface area (Å²) >= 11 is 0.